The molecule has 3 aromatic rings. The first-order chi connectivity index (χ1) is 16.0. The molecule has 0 unspecified atom stereocenters. The Balaban J connectivity index is 1.41. The molecule has 1 heterocycles. The SMILES string of the molecule is COC(=O)N(COC(=O)C1CCCCC1)c1ccc(OCc2nc3ccccc3s2)cc1C. The summed E-state index contributed by atoms with van der Waals surface area (Å²) in [5.41, 5.74) is 2.37. The molecule has 1 aliphatic carbocycles. The number of rotatable bonds is 7. The zero-order chi connectivity index (χ0) is 23.2. The molecule has 1 aliphatic rings. The number of para-hydroxylation sites is 1. The molecule has 8 heteroatoms. The fourth-order valence-corrected chi connectivity index (χ4v) is 4.94. The predicted molar refractivity (Wildman–Crippen MR) is 128 cm³/mol. The van der Waals surface area contributed by atoms with E-state index in [1.165, 1.54) is 12.0 Å². The number of hydrogen-bond acceptors (Lipinski definition) is 7. The molecule has 1 amide bonds. The molecule has 2 aromatic carbocycles. The van der Waals surface area contributed by atoms with Crippen molar-refractivity contribution in [3.8, 4) is 5.75 Å². The molecular weight excluding hydrogens is 440 g/mol. The van der Waals surface area contributed by atoms with Gasteiger partial charge in [0, 0.05) is 0 Å². The van der Waals surface area contributed by atoms with Gasteiger partial charge in [0.15, 0.2) is 6.73 Å². The van der Waals surface area contributed by atoms with Crippen LogP contribution in [0.4, 0.5) is 10.5 Å². The molecule has 0 aliphatic heterocycles. The number of esters is 1. The fraction of sp³-hybridized carbons (Fsp3) is 0.400. The lowest BCUT2D eigenvalue weighted by molar-refractivity contribution is -0.149. The quantitative estimate of drug-likeness (QED) is 0.320. The van der Waals surface area contributed by atoms with Gasteiger partial charge in [-0.25, -0.2) is 14.7 Å². The van der Waals surface area contributed by atoms with Gasteiger partial charge >= 0.3 is 12.1 Å². The Morgan fingerprint density at radius 1 is 1.12 bits per heavy atom. The number of carbonyl (C=O) groups excluding carboxylic acids is 2. The summed E-state index contributed by atoms with van der Waals surface area (Å²) in [5, 5.41) is 0.892. The zero-order valence-electron chi connectivity index (χ0n) is 18.9. The second kappa shape index (κ2) is 10.7. The molecule has 33 heavy (non-hydrogen) atoms. The van der Waals surface area contributed by atoms with E-state index in [-0.39, 0.29) is 18.6 Å². The van der Waals surface area contributed by atoms with Crippen LogP contribution in [0.5, 0.6) is 5.75 Å². The van der Waals surface area contributed by atoms with Crippen LogP contribution < -0.4 is 9.64 Å². The van der Waals surface area contributed by atoms with Gasteiger partial charge in [0.05, 0.1) is 28.9 Å². The van der Waals surface area contributed by atoms with Crippen molar-refractivity contribution in [2.45, 2.75) is 45.6 Å². The molecule has 0 saturated heterocycles. The summed E-state index contributed by atoms with van der Waals surface area (Å²) in [6.07, 6.45) is 4.34. The first-order valence-electron chi connectivity index (χ1n) is 11.1. The van der Waals surface area contributed by atoms with E-state index in [0.29, 0.717) is 18.0 Å². The fourth-order valence-electron chi connectivity index (χ4n) is 4.06. The molecule has 0 radical (unpaired) electrons. The third-order valence-electron chi connectivity index (χ3n) is 5.83. The maximum atomic E-state index is 12.4. The Labute approximate surface area is 197 Å². The normalized spacial score (nSPS) is 14.1. The van der Waals surface area contributed by atoms with Crippen LogP contribution in [0.1, 0.15) is 42.7 Å². The van der Waals surface area contributed by atoms with Gasteiger partial charge in [-0.1, -0.05) is 31.4 Å². The molecule has 0 atom stereocenters. The number of thiazole rings is 1. The van der Waals surface area contributed by atoms with Crippen LogP contribution in [-0.4, -0.2) is 30.9 Å². The highest BCUT2D eigenvalue weighted by molar-refractivity contribution is 7.18. The zero-order valence-corrected chi connectivity index (χ0v) is 19.7. The Bertz CT molecular complexity index is 1090. The van der Waals surface area contributed by atoms with Crippen molar-refractivity contribution in [3.63, 3.8) is 0 Å². The topological polar surface area (TPSA) is 78.0 Å². The third kappa shape index (κ3) is 5.63. The highest BCUT2D eigenvalue weighted by Gasteiger charge is 2.25. The molecule has 174 valence electrons. The van der Waals surface area contributed by atoms with E-state index < -0.39 is 6.09 Å². The van der Waals surface area contributed by atoms with Crippen molar-refractivity contribution >= 4 is 39.3 Å². The summed E-state index contributed by atoms with van der Waals surface area (Å²) in [6, 6.07) is 13.4. The number of aryl methyl sites for hydroxylation is 1. The molecule has 1 aromatic heterocycles. The van der Waals surface area contributed by atoms with Gasteiger partial charge in [-0.15, -0.1) is 11.3 Å². The van der Waals surface area contributed by atoms with Crippen LogP contribution in [-0.2, 0) is 20.9 Å². The molecule has 7 nitrogen and oxygen atoms in total. The van der Waals surface area contributed by atoms with Crippen molar-refractivity contribution in [1.29, 1.82) is 0 Å². The predicted octanol–water partition coefficient (Wildman–Crippen LogP) is 5.84. The number of anilines is 1. The number of amides is 1. The van der Waals surface area contributed by atoms with E-state index in [0.717, 1.165) is 52.9 Å². The van der Waals surface area contributed by atoms with Crippen LogP contribution in [0.25, 0.3) is 10.2 Å². The van der Waals surface area contributed by atoms with Gasteiger partial charge < -0.3 is 14.2 Å². The first kappa shape index (κ1) is 23.0. The number of carbonyl (C=O) groups is 2. The lowest BCUT2D eigenvalue weighted by Crippen LogP contribution is -2.36. The van der Waals surface area contributed by atoms with Crippen molar-refractivity contribution in [2.24, 2.45) is 5.92 Å². The number of fused-ring (bicyclic) bond motifs is 1. The molecule has 1 fully saturated rings. The number of methoxy groups -OCH3 is 1. The molecule has 0 bridgehead atoms. The highest BCUT2D eigenvalue weighted by atomic mass is 32.1. The first-order valence-corrected chi connectivity index (χ1v) is 12.0. The number of ether oxygens (including phenoxy) is 3. The number of aromatic nitrogens is 1. The van der Waals surface area contributed by atoms with Gasteiger partial charge in [-0.2, -0.15) is 0 Å². The summed E-state index contributed by atoms with van der Waals surface area (Å²) in [7, 11) is 1.31. The molecule has 0 spiro atoms. The second-order valence-electron chi connectivity index (χ2n) is 8.14. The summed E-state index contributed by atoms with van der Waals surface area (Å²) in [4.78, 5) is 30.8. The lowest BCUT2D eigenvalue weighted by Gasteiger charge is -2.25. The molecule has 0 N–H and O–H groups in total. The summed E-state index contributed by atoms with van der Waals surface area (Å²) < 4.78 is 17.5. The highest BCUT2D eigenvalue weighted by Crippen LogP contribution is 2.29. The number of hydrogen-bond donors (Lipinski definition) is 0. The van der Waals surface area contributed by atoms with Crippen LogP contribution in [0.15, 0.2) is 42.5 Å². The minimum absolute atomic E-state index is 0.0855. The van der Waals surface area contributed by atoms with Gasteiger partial charge in [-0.05, 0) is 55.7 Å². The van der Waals surface area contributed by atoms with Gasteiger partial charge in [0.25, 0.3) is 0 Å². The van der Waals surface area contributed by atoms with E-state index >= 15 is 0 Å². The third-order valence-corrected chi connectivity index (χ3v) is 6.84. The van der Waals surface area contributed by atoms with Crippen LogP contribution in [0.3, 0.4) is 0 Å². The maximum Gasteiger partial charge on any atom is 0.416 e. The average molecular weight is 469 g/mol. The molecule has 4 rings (SSSR count). The van der Waals surface area contributed by atoms with Crippen molar-refractivity contribution in [1.82, 2.24) is 4.98 Å². The summed E-state index contributed by atoms with van der Waals surface area (Å²) in [5.74, 6) is 0.328. The van der Waals surface area contributed by atoms with E-state index in [1.807, 2.05) is 37.3 Å². The Kier molecular flexibility index (Phi) is 7.44. The van der Waals surface area contributed by atoms with E-state index in [4.69, 9.17) is 14.2 Å². The molecular formula is C25H28N2O5S. The van der Waals surface area contributed by atoms with Crippen LogP contribution in [0, 0.1) is 12.8 Å². The lowest BCUT2D eigenvalue weighted by atomic mass is 9.89. The van der Waals surface area contributed by atoms with Crippen molar-refractivity contribution in [2.75, 3.05) is 18.7 Å². The average Bonchev–Trinajstić information content (AvgIpc) is 3.27. The van der Waals surface area contributed by atoms with Gasteiger partial charge in [0.1, 0.15) is 17.4 Å². The van der Waals surface area contributed by atoms with Crippen LogP contribution >= 0.6 is 11.3 Å². The number of nitrogens with zero attached hydrogens (tertiary/aromatic N) is 2. The van der Waals surface area contributed by atoms with Gasteiger partial charge in [-0.3, -0.25) is 4.79 Å². The number of benzene rings is 2. The monoisotopic (exact) mass is 468 g/mol. The summed E-state index contributed by atoms with van der Waals surface area (Å²) in [6.45, 7) is 2.05. The largest absolute Gasteiger partial charge is 0.486 e. The minimum Gasteiger partial charge on any atom is -0.486 e. The van der Waals surface area contributed by atoms with Crippen LogP contribution in [0.2, 0.25) is 0 Å². The van der Waals surface area contributed by atoms with E-state index in [1.54, 1.807) is 23.5 Å². The smallest absolute Gasteiger partial charge is 0.416 e. The Hall–Kier alpha value is -3.13. The minimum atomic E-state index is -0.585. The Morgan fingerprint density at radius 3 is 2.64 bits per heavy atom. The summed E-state index contributed by atoms with van der Waals surface area (Å²) >= 11 is 1.60. The van der Waals surface area contributed by atoms with Crippen molar-refractivity contribution in [3.05, 3.63) is 53.0 Å². The van der Waals surface area contributed by atoms with Gasteiger partial charge in [0.2, 0.25) is 0 Å². The second-order valence-corrected chi connectivity index (χ2v) is 9.25. The van der Waals surface area contributed by atoms with E-state index in [9.17, 15) is 9.59 Å². The van der Waals surface area contributed by atoms with E-state index in [2.05, 4.69) is 4.98 Å². The maximum absolute atomic E-state index is 12.4. The van der Waals surface area contributed by atoms with Crippen molar-refractivity contribution < 1.29 is 23.8 Å². The standard InChI is InChI=1S/C25H28N2O5S/c1-17-14-19(31-15-23-26-20-10-6-7-11-22(20)33-23)12-13-21(17)27(25(29)30-2)16-32-24(28)18-8-4-3-5-9-18/h6-7,10-14,18H,3-5,8-9,15-16H2,1-2H3. The molecule has 1 saturated carbocycles. The Morgan fingerprint density at radius 2 is 1.91 bits per heavy atom.